The molecular weight excluding hydrogens is 362 g/mol. The van der Waals surface area contributed by atoms with Crippen molar-refractivity contribution < 1.29 is 19.0 Å². The minimum atomic E-state index is -0.626. The third kappa shape index (κ3) is 3.80. The van der Waals surface area contributed by atoms with Crippen LogP contribution >= 0.6 is 15.9 Å². The van der Waals surface area contributed by atoms with Crippen LogP contribution in [0.2, 0.25) is 0 Å². The molecule has 0 N–H and O–H groups in total. The smallest absolute Gasteiger partial charge is 0.410 e. The van der Waals surface area contributed by atoms with Crippen LogP contribution in [-0.2, 0) is 16.1 Å². The molecule has 1 spiro atoms. The Bertz CT molecular complexity index is 603. The zero-order valence-corrected chi connectivity index (χ0v) is 15.3. The van der Waals surface area contributed by atoms with Gasteiger partial charge >= 0.3 is 6.09 Å². The molecule has 1 saturated heterocycles. The average Bonchev–Trinajstić information content (AvgIpc) is 2.47. The third-order valence-corrected chi connectivity index (χ3v) is 4.48. The predicted molar refractivity (Wildman–Crippen MR) is 89.3 cm³/mol. The highest BCUT2D eigenvalue weighted by Gasteiger charge is 2.42. The zero-order chi connectivity index (χ0) is 16.7. The second-order valence-corrected chi connectivity index (χ2v) is 7.94. The number of fused-ring (bicyclic) bond motifs is 1. The summed E-state index contributed by atoms with van der Waals surface area (Å²) in [6, 6.07) is 5.94. The number of ether oxygens (including phenoxy) is 3. The maximum absolute atomic E-state index is 12.1. The fourth-order valence-electron chi connectivity index (χ4n) is 2.80. The number of carbonyl (C=O) groups is 1. The molecule has 3 rings (SSSR count). The number of piperidine rings is 1. The van der Waals surface area contributed by atoms with E-state index in [4.69, 9.17) is 14.2 Å². The van der Waals surface area contributed by atoms with E-state index < -0.39 is 11.4 Å². The Morgan fingerprint density at radius 2 is 2.00 bits per heavy atom. The van der Waals surface area contributed by atoms with E-state index in [9.17, 15) is 4.79 Å². The molecule has 0 unspecified atom stereocenters. The first-order valence-corrected chi connectivity index (χ1v) is 8.65. The van der Waals surface area contributed by atoms with Crippen molar-refractivity contribution in [2.24, 2.45) is 0 Å². The minimum Gasteiger partial charge on any atom is -0.462 e. The standard InChI is InChI=1S/C17H22BrNO4/c1-16(2,3)23-15(20)19-8-6-17(7-9-19)21-11-12-10-13(18)4-5-14(12)22-17/h4-5,10H,6-9,11H2,1-3H3. The highest BCUT2D eigenvalue weighted by Crippen LogP contribution is 2.38. The Labute approximate surface area is 145 Å². The summed E-state index contributed by atoms with van der Waals surface area (Å²) in [4.78, 5) is 13.9. The van der Waals surface area contributed by atoms with Crippen LogP contribution in [0.4, 0.5) is 4.79 Å². The Kier molecular flexibility index (Phi) is 4.31. The van der Waals surface area contributed by atoms with Crippen LogP contribution in [-0.4, -0.2) is 35.5 Å². The topological polar surface area (TPSA) is 48.0 Å². The number of hydrogen-bond donors (Lipinski definition) is 0. The second kappa shape index (κ2) is 5.98. The number of halogens is 1. The van der Waals surface area contributed by atoms with Gasteiger partial charge in [0.25, 0.3) is 0 Å². The van der Waals surface area contributed by atoms with E-state index in [-0.39, 0.29) is 6.09 Å². The number of hydrogen-bond acceptors (Lipinski definition) is 4. The molecule has 0 atom stereocenters. The van der Waals surface area contributed by atoms with Gasteiger partial charge in [0.2, 0.25) is 5.79 Å². The number of carbonyl (C=O) groups excluding carboxylic acids is 1. The van der Waals surface area contributed by atoms with Crippen molar-refractivity contribution in [1.82, 2.24) is 4.90 Å². The van der Waals surface area contributed by atoms with Gasteiger partial charge in [0.1, 0.15) is 11.4 Å². The van der Waals surface area contributed by atoms with Crippen molar-refractivity contribution in [2.75, 3.05) is 13.1 Å². The lowest BCUT2D eigenvalue weighted by atomic mass is 10.0. The molecule has 5 nitrogen and oxygen atoms in total. The van der Waals surface area contributed by atoms with Gasteiger partial charge in [-0.1, -0.05) is 15.9 Å². The average molecular weight is 384 g/mol. The Morgan fingerprint density at radius 3 is 2.65 bits per heavy atom. The molecule has 0 radical (unpaired) electrons. The van der Waals surface area contributed by atoms with E-state index in [1.165, 1.54) is 0 Å². The summed E-state index contributed by atoms with van der Waals surface area (Å²) in [6.45, 7) is 7.29. The monoisotopic (exact) mass is 383 g/mol. The van der Waals surface area contributed by atoms with Gasteiger partial charge in [-0.3, -0.25) is 0 Å². The highest BCUT2D eigenvalue weighted by atomic mass is 79.9. The molecule has 2 aliphatic heterocycles. The SMILES string of the molecule is CC(C)(C)OC(=O)N1CCC2(CC1)OCc1cc(Br)ccc1O2. The molecule has 2 aliphatic rings. The molecular formula is C17H22BrNO4. The van der Waals surface area contributed by atoms with E-state index >= 15 is 0 Å². The lowest BCUT2D eigenvalue weighted by Gasteiger charge is -2.44. The molecule has 126 valence electrons. The number of rotatable bonds is 0. The van der Waals surface area contributed by atoms with Crippen molar-refractivity contribution >= 4 is 22.0 Å². The van der Waals surface area contributed by atoms with Gasteiger partial charge in [-0.05, 0) is 39.0 Å². The largest absolute Gasteiger partial charge is 0.462 e. The Balaban J connectivity index is 1.63. The molecule has 1 fully saturated rings. The van der Waals surface area contributed by atoms with Gasteiger partial charge in [-0.25, -0.2) is 4.79 Å². The lowest BCUT2D eigenvalue weighted by molar-refractivity contribution is -0.226. The van der Waals surface area contributed by atoms with Crippen LogP contribution in [0.15, 0.2) is 22.7 Å². The van der Waals surface area contributed by atoms with Crippen LogP contribution < -0.4 is 4.74 Å². The fraction of sp³-hybridized carbons (Fsp3) is 0.588. The second-order valence-electron chi connectivity index (χ2n) is 7.02. The number of nitrogens with zero attached hydrogens (tertiary/aromatic N) is 1. The van der Waals surface area contributed by atoms with Gasteiger partial charge in [0.15, 0.2) is 0 Å². The summed E-state index contributed by atoms with van der Waals surface area (Å²) in [5, 5.41) is 0. The van der Waals surface area contributed by atoms with E-state index in [0.29, 0.717) is 32.5 Å². The van der Waals surface area contributed by atoms with E-state index in [0.717, 1.165) is 15.8 Å². The van der Waals surface area contributed by atoms with Crippen LogP contribution in [0.5, 0.6) is 5.75 Å². The summed E-state index contributed by atoms with van der Waals surface area (Å²) < 4.78 is 18.6. The van der Waals surface area contributed by atoms with Gasteiger partial charge in [-0.2, -0.15) is 0 Å². The van der Waals surface area contributed by atoms with Crippen molar-refractivity contribution in [3.8, 4) is 5.75 Å². The molecule has 0 aromatic heterocycles. The normalized spacial score (nSPS) is 19.9. The molecule has 1 aromatic rings. The lowest BCUT2D eigenvalue weighted by Crippen LogP contribution is -2.53. The number of amides is 1. The van der Waals surface area contributed by atoms with E-state index in [1.807, 2.05) is 39.0 Å². The van der Waals surface area contributed by atoms with E-state index in [2.05, 4.69) is 15.9 Å². The Morgan fingerprint density at radius 1 is 1.30 bits per heavy atom. The van der Waals surface area contributed by atoms with Crippen LogP contribution in [0.25, 0.3) is 0 Å². The first-order chi connectivity index (χ1) is 10.8. The molecule has 1 amide bonds. The minimum absolute atomic E-state index is 0.271. The van der Waals surface area contributed by atoms with Crippen molar-refractivity contribution in [3.05, 3.63) is 28.2 Å². The zero-order valence-electron chi connectivity index (χ0n) is 13.7. The molecule has 2 heterocycles. The van der Waals surface area contributed by atoms with E-state index in [1.54, 1.807) is 4.90 Å². The summed E-state index contributed by atoms with van der Waals surface area (Å²) in [5.41, 5.74) is 0.565. The first kappa shape index (κ1) is 16.6. The van der Waals surface area contributed by atoms with Gasteiger partial charge in [-0.15, -0.1) is 0 Å². The summed E-state index contributed by atoms with van der Waals surface area (Å²) in [7, 11) is 0. The van der Waals surface area contributed by atoms with Gasteiger partial charge < -0.3 is 19.1 Å². The highest BCUT2D eigenvalue weighted by molar-refractivity contribution is 9.10. The number of likely N-dealkylation sites (tertiary alicyclic amines) is 1. The van der Waals surface area contributed by atoms with Gasteiger partial charge in [0.05, 0.1) is 6.61 Å². The molecule has 0 aliphatic carbocycles. The summed E-state index contributed by atoms with van der Waals surface area (Å²) >= 11 is 3.46. The van der Waals surface area contributed by atoms with Gasteiger partial charge in [0, 0.05) is 36.0 Å². The maximum atomic E-state index is 12.1. The number of benzene rings is 1. The molecule has 0 saturated carbocycles. The van der Waals surface area contributed by atoms with Crippen molar-refractivity contribution in [3.63, 3.8) is 0 Å². The van der Waals surface area contributed by atoms with Crippen molar-refractivity contribution in [2.45, 2.75) is 51.6 Å². The van der Waals surface area contributed by atoms with Crippen molar-refractivity contribution in [1.29, 1.82) is 0 Å². The Hall–Kier alpha value is -1.27. The summed E-state index contributed by atoms with van der Waals surface area (Å²) in [6.07, 6.45) is 1.01. The first-order valence-electron chi connectivity index (χ1n) is 7.86. The third-order valence-electron chi connectivity index (χ3n) is 3.99. The molecule has 23 heavy (non-hydrogen) atoms. The van der Waals surface area contributed by atoms with Crippen LogP contribution in [0.1, 0.15) is 39.2 Å². The molecule has 0 bridgehead atoms. The quantitative estimate of drug-likeness (QED) is 0.676. The molecule has 6 heteroatoms. The molecule has 1 aromatic carbocycles. The maximum Gasteiger partial charge on any atom is 0.410 e. The fourth-order valence-corrected chi connectivity index (χ4v) is 3.21. The van der Waals surface area contributed by atoms with Crippen LogP contribution in [0.3, 0.4) is 0 Å². The summed E-state index contributed by atoms with van der Waals surface area (Å²) in [5.74, 6) is 0.240. The predicted octanol–water partition coefficient (Wildman–Crippen LogP) is 4.09. The van der Waals surface area contributed by atoms with Crippen LogP contribution in [0, 0.1) is 0 Å².